The van der Waals surface area contributed by atoms with Crippen molar-refractivity contribution in [3.8, 4) is 0 Å². The fraction of sp³-hybridized carbons (Fsp3) is 0.250. The lowest BCUT2D eigenvalue weighted by atomic mass is 10.1. The molecule has 23 heavy (non-hydrogen) atoms. The van der Waals surface area contributed by atoms with Crippen molar-refractivity contribution < 1.29 is 9.59 Å². The first-order chi connectivity index (χ1) is 11.0. The third kappa shape index (κ3) is 3.63. The molecule has 4 N–H and O–H groups in total. The highest BCUT2D eigenvalue weighted by Crippen LogP contribution is 2.30. The third-order valence-corrected chi connectivity index (χ3v) is 3.63. The van der Waals surface area contributed by atoms with Crippen molar-refractivity contribution in [1.29, 1.82) is 0 Å². The standard InChI is InChI=1S/C16H17N5O2/c1-9-2-5-11(20-14(22)10-3-4-10)6-13(9)15(23)21-12-7-18-16(17)19-8-12/h2,5-8,10H,3-4H2,1H3,(H,20,22)(H,21,23)(H2,17,18,19). The lowest BCUT2D eigenvalue weighted by Gasteiger charge is -2.10. The first kappa shape index (κ1) is 15.0. The van der Waals surface area contributed by atoms with Crippen LogP contribution in [-0.2, 0) is 4.79 Å². The number of rotatable bonds is 4. The zero-order valence-corrected chi connectivity index (χ0v) is 12.7. The van der Waals surface area contributed by atoms with Crippen LogP contribution in [0.3, 0.4) is 0 Å². The van der Waals surface area contributed by atoms with E-state index in [2.05, 4.69) is 20.6 Å². The van der Waals surface area contributed by atoms with Gasteiger partial charge in [-0.15, -0.1) is 0 Å². The molecule has 7 heteroatoms. The Hall–Kier alpha value is -2.96. The van der Waals surface area contributed by atoms with Crippen LogP contribution in [0.5, 0.6) is 0 Å². The molecular formula is C16H17N5O2. The minimum Gasteiger partial charge on any atom is -0.368 e. The average Bonchev–Trinajstić information content (AvgIpc) is 3.36. The zero-order valence-electron chi connectivity index (χ0n) is 12.7. The van der Waals surface area contributed by atoms with Gasteiger partial charge in [-0.1, -0.05) is 6.07 Å². The number of carbonyl (C=O) groups excluding carboxylic acids is 2. The molecule has 1 saturated carbocycles. The van der Waals surface area contributed by atoms with Crippen LogP contribution in [0.2, 0.25) is 0 Å². The molecular weight excluding hydrogens is 294 g/mol. The van der Waals surface area contributed by atoms with Crippen LogP contribution in [0.4, 0.5) is 17.3 Å². The molecule has 1 fully saturated rings. The summed E-state index contributed by atoms with van der Waals surface area (Å²) in [7, 11) is 0. The summed E-state index contributed by atoms with van der Waals surface area (Å²) in [6.45, 7) is 1.83. The van der Waals surface area contributed by atoms with Crippen molar-refractivity contribution in [3.05, 3.63) is 41.7 Å². The van der Waals surface area contributed by atoms with Gasteiger partial charge in [-0.2, -0.15) is 0 Å². The number of nitrogen functional groups attached to an aromatic ring is 1. The van der Waals surface area contributed by atoms with Crippen LogP contribution in [0.1, 0.15) is 28.8 Å². The number of nitrogens with zero attached hydrogens (tertiary/aromatic N) is 2. The molecule has 0 radical (unpaired) electrons. The molecule has 7 nitrogen and oxygen atoms in total. The van der Waals surface area contributed by atoms with Gasteiger partial charge in [-0.05, 0) is 37.5 Å². The minimum absolute atomic E-state index is 0.00662. The molecule has 1 aromatic heterocycles. The highest BCUT2D eigenvalue weighted by atomic mass is 16.2. The van der Waals surface area contributed by atoms with Gasteiger partial charge in [0.1, 0.15) is 0 Å². The number of aromatic nitrogens is 2. The molecule has 1 heterocycles. The van der Waals surface area contributed by atoms with Crippen LogP contribution >= 0.6 is 0 Å². The van der Waals surface area contributed by atoms with Gasteiger partial charge < -0.3 is 16.4 Å². The van der Waals surface area contributed by atoms with Gasteiger partial charge >= 0.3 is 0 Å². The third-order valence-electron chi connectivity index (χ3n) is 3.63. The van der Waals surface area contributed by atoms with E-state index < -0.39 is 0 Å². The van der Waals surface area contributed by atoms with Crippen molar-refractivity contribution in [2.75, 3.05) is 16.4 Å². The van der Waals surface area contributed by atoms with Gasteiger partial charge in [-0.3, -0.25) is 9.59 Å². The molecule has 0 atom stereocenters. The Labute approximate surface area is 133 Å². The molecule has 1 aliphatic rings. The number of carbonyl (C=O) groups is 2. The van der Waals surface area contributed by atoms with Gasteiger partial charge in [0.2, 0.25) is 11.9 Å². The lowest BCUT2D eigenvalue weighted by Crippen LogP contribution is -2.16. The Bertz CT molecular complexity index is 754. The normalized spacial score (nSPS) is 13.4. The Morgan fingerprint density at radius 3 is 2.48 bits per heavy atom. The monoisotopic (exact) mass is 311 g/mol. The van der Waals surface area contributed by atoms with Crippen molar-refractivity contribution in [2.24, 2.45) is 5.92 Å². The molecule has 0 unspecified atom stereocenters. The fourth-order valence-corrected chi connectivity index (χ4v) is 2.14. The number of hydrogen-bond donors (Lipinski definition) is 3. The van der Waals surface area contributed by atoms with E-state index in [4.69, 9.17) is 5.73 Å². The predicted molar refractivity (Wildman–Crippen MR) is 86.9 cm³/mol. The van der Waals surface area contributed by atoms with Gasteiger partial charge in [0.15, 0.2) is 0 Å². The second-order valence-corrected chi connectivity index (χ2v) is 5.58. The van der Waals surface area contributed by atoms with Gasteiger partial charge in [-0.25, -0.2) is 9.97 Å². The van der Waals surface area contributed by atoms with Crippen LogP contribution < -0.4 is 16.4 Å². The summed E-state index contributed by atoms with van der Waals surface area (Å²) in [5, 5.41) is 5.55. The zero-order chi connectivity index (χ0) is 16.4. The number of nitrogens with one attached hydrogen (secondary N) is 2. The SMILES string of the molecule is Cc1ccc(NC(=O)C2CC2)cc1C(=O)Nc1cnc(N)nc1. The highest BCUT2D eigenvalue weighted by Gasteiger charge is 2.29. The smallest absolute Gasteiger partial charge is 0.256 e. The molecule has 118 valence electrons. The fourth-order valence-electron chi connectivity index (χ4n) is 2.14. The van der Waals surface area contributed by atoms with Crippen LogP contribution in [-0.4, -0.2) is 21.8 Å². The number of hydrogen-bond acceptors (Lipinski definition) is 5. The second-order valence-electron chi connectivity index (χ2n) is 5.58. The molecule has 0 spiro atoms. The van der Waals surface area contributed by atoms with Crippen molar-refractivity contribution in [3.63, 3.8) is 0 Å². The van der Waals surface area contributed by atoms with Crippen molar-refractivity contribution in [2.45, 2.75) is 19.8 Å². The minimum atomic E-state index is -0.293. The van der Waals surface area contributed by atoms with E-state index in [0.29, 0.717) is 16.9 Å². The Morgan fingerprint density at radius 2 is 1.83 bits per heavy atom. The maximum Gasteiger partial charge on any atom is 0.256 e. The van der Waals surface area contributed by atoms with Gasteiger partial charge in [0.05, 0.1) is 18.1 Å². The predicted octanol–water partition coefficient (Wildman–Crippen LogP) is 1.97. The van der Waals surface area contributed by atoms with E-state index in [1.54, 1.807) is 18.2 Å². The largest absolute Gasteiger partial charge is 0.368 e. The van der Waals surface area contributed by atoms with E-state index in [-0.39, 0.29) is 23.7 Å². The van der Waals surface area contributed by atoms with E-state index in [1.165, 1.54) is 12.4 Å². The summed E-state index contributed by atoms with van der Waals surface area (Å²) in [6, 6.07) is 5.26. The molecule has 1 aliphatic carbocycles. The quantitative estimate of drug-likeness (QED) is 0.799. The van der Waals surface area contributed by atoms with Crippen molar-refractivity contribution in [1.82, 2.24) is 9.97 Å². The van der Waals surface area contributed by atoms with Crippen LogP contribution in [0.25, 0.3) is 0 Å². The number of benzene rings is 1. The average molecular weight is 311 g/mol. The lowest BCUT2D eigenvalue weighted by molar-refractivity contribution is -0.117. The van der Waals surface area contributed by atoms with Crippen LogP contribution in [0.15, 0.2) is 30.6 Å². The first-order valence-corrected chi connectivity index (χ1v) is 7.33. The highest BCUT2D eigenvalue weighted by molar-refractivity contribution is 6.06. The maximum atomic E-state index is 12.4. The summed E-state index contributed by atoms with van der Waals surface area (Å²) in [6.07, 6.45) is 4.74. The number of anilines is 3. The van der Waals surface area contributed by atoms with Gasteiger partial charge in [0.25, 0.3) is 5.91 Å². The molecule has 2 amide bonds. The first-order valence-electron chi connectivity index (χ1n) is 7.33. The van der Waals surface area contributed by atoms with E-state index in [1.807, 2.05) is 6.92 Å². The number of aryl methyl sites for hydroxylation is 1. The summed E-state index contributed by atoms with van der Waals surface area (Å²) in [5.41, 5.74) is 7.78. The molecule has 0 aliphatic heterocycles. The van der Waals surface area contributed by atoms with E-state index in [9.17, 15) is 9.59 Å². The summed E-state index contributed by atoms with van der Waals surface area (Å²) in [5.74, 6) is -0.0324. The number of amides is 2. The Kier molecular flexibility index (Phi) is 3.92. The summed E-state index contributed by atoms with van der Waals surface area (Å²) >= 11 is 0. The molecule has 0 saturated heterocycles. The van der Waals surface area contributed by atoms with Crippen molar-refractivity contribution >= 4 is 29.1 Å². The van der Waals surface area contributed by atoms with Gasteiger partial charge in [0, 0.05) is 17.2 Å². The Balaban J connectivity index is 1.75. The Morgan fingerprint density at radius 1 is 1.13 bits per heavy atom. The molecule has 1 aromatic carbocycles. The van der Waals surface area contributed by atoms with Crippen LogP contribution in [0, 0.1) is 12.8 Å². The number of nitrogens with two attached hydrogens (primary N) is 1. The summed E-state index contributed by atoms with van der Waals surface area (Å²) in [4.78, 5) is 31.9. The molecule has 3 rings (SSSR count). The maximum absolute atomic E-state index is 12.4. The molecule has 2 aromatic rings. The second kappa shape index (κ2) is 6.04. The topological polar surface area (TPSA) is 110 Å². The van der Waals surface area contributed by atoms with E-state index in [0.717, 1.165) is 18.4 Å². The van der Waals surface area contributed by atoms with E-state index >= 15 is 0 Å². The summed E-state index contributed by atoms with van der Waals surface area (Å²) < 4.78 is 0. The molecule has 0 bridgehead atoms.